The molecule has 4 nitrogen and oxygen atoms in total. The van der Waals surface area contributed by atoms with Gasteiger partial charge in [0.2, 0.25) is 5.91 Å². The Labute approximate surface area is 133 Å². The van der Waals surface area contributed by atoms with Crippen LogP contribution in [0.3, 0.4) is 0 Å². The van der Waals surface area contributed by atoms with Crippen molar-refractivity contribution in [2.75, 3.05) is 39.3 Å². The summed E-state index contributed by atoms with van der Waals surface area (Å²) in [5.74, 6) is 1.69. The van der Waals surface area contributed by atoms with Gasteiger partial charge in [-0.1, -0.05) is 24.6 Å². The number of hydrogen-bond acceptors (Lipinski definition) is 3. The van der Waals surface area contributed by atoms with Crippen LogP contribution in [0.4, 0.5) is 0 Å². The highest BCUT2D eigenvalue weighted by molar-refractivity contribution is 5.79. The van der Waals surface area contributed by atoms with E-state index in [1.807, 2.05) is 18.2 Å². The van der Waals surface area contributed by atoms with Gasteiger partial charge < -0.3 is 9.64 Å². The van der Waals surface area contributed by atoms with E-state index in [0.29, 0.717) is 18.4 Å². The first kappa shape index (κ1) is 15.3. The minimum Gasteiger partial charge on any atom is -0.492 e. The lowest BCUT2D eigenvalue weighted by Gasteiger charge is -2.38. The average Bonchev–Trinajstić information content (AvgIpc) is 2.48. The zero-order chi connectivity index (χ0) is 15.4. The van der Waals surface area contributed by atoms with Gasteiger partial charge in [-0.25, -0.2) is 0 Å². The van der Waals surface area contributed by atoms with Gasteiger partial charge in [0.1, 0.15) is 12.4 Å². The summed E-state index contributed by atoms with van der Waals surface area (Å²) in [4.78, 5) is 16.7. The summed E-state index contributed by atoms with van der Waals surface area (Å²) in [5, 5.41) is 0. The largest absolute Gasteiger partial charge is 0.492 e. The van der Waals surface area contributed by atoms with E-state index in [4.69, 9.17) is 4.74 Å². The quantitative estimate of drug-likeness (QED) is 0.837. The van der Waals surface area contributed by atoms with E-state index < -0.39 is 0 Å². The first-order valence-electron chi connectivity index (χ1n) is 8.43. The first-order valence-corrected chi connectivity index (χ1v) is 8.43. The van der Waals surface area contributed by atoms with E-state index in [1.165, 1.54) is 12.0 Å². The highest BCUT2D eigenvalue weighted by Gasteiger charge is 2.30. The molecule has 0 bridgehead atoms. The van der Waals surface area contributed by atoms with Crippen molar-refractivity contribution in [1.29, 1.82) is 0 Å². The number of hydrogen-bond donors (Lipinski definition) is 0. The molecule has 22 heavy (non-hydrogen) atoms. The van der Waals surface area contributed by atoms with Gasteiger partial charge in [0.25, 0.3) is 0 Å². The van der Waals surface area contributed by atoms with Crippen molar-refractivity contribution in [1.82, 2.24) is 9.80 Å². The van der Waals surface area contributed by atoms with Gasteiger partial charge in [-0.05, 0) is 31.4 Å². The Bertz CT molecular complexity index is 506. The molecule has 0 atom stereocenters. The fourth-order valence-corrected chi connectivity index (χ4v) is 3.11. The number of carbonyl (C=O) groups excluding carboxylic acids is 1. The first-order chi connectivity index (χ1) is 10.7. The molecular formula is C18H26N2O2. The van der Waals surface area contributed by atoms with E-state index in [1.54, 1.807) is 0 Å². The summed E-state index contributed by atoms with van der Waals surface area (Å²) in [6.45, 7) is 7.39. The number of para-hydroxylation sites is 1. The molecule has 0 aromatic heterocycles. The van der Waals surface area contributed by atoms with Gasteiger partial charge in [0.05, 0.1) is 0 Å². The van der Waals surface area contributed by atoms with Crippen molar-refractivity contribution in [3.63, 3.8) is 0 Å². The van der Waals surface area contributed by atoms with Crippen LogP contribution in [0.25, 0.3) is 0 Å². The molecule has 1 saturated heterocycles. The van der Waals surface area contributed by atoms with Gasteiger partial charge in [-0.3, -0.25) is 9.69 Å². The van der Waals surface area contributed by atoms with Crippen molar-refractivity contribution in [3.05, 3.63) is 29.8 Å². The number of piperazine rings is 1. The second kappa shape index (κ2) is 7.14. The Kier molecular flexibility index (Phi) is 4.98. The third kappa shape index (κ3) is 3.61. The number of carbonyl (C=O) groups is 1. The van der Waals surface area contributed by atoms with Crippen molar-refractivity contribution in [2.24, 2.45) is 5.92 Å². The van der Waals surface area contributed by atoms with Crippen LogP contribution in [0.15, 0.2) is 24.3 Å². The summed E-state index contributed by atoms with van der Waals surface area (Å²) in [7, 11) is 0. The molecule has 1 heterocycles. The summed E-state index contributed by atoms with van der Waals surface area (Å²) in [6.07, 6.45) is 3.43. The minimum absolute atomic E-state index is 0.330. The van der Waals surface area contributed by atoms with E-state index in [9.17, 15) is 4.79 Å². The highest BCUT2D eigenvalue weighted by atomic mass is 16.5. The zero-order valence-electron chi connectivity index (χ0n) is 13.5. The van der Waals surface area contributed by atoms with Gasteiger partial charge in [0, 0.05) is 38.6 Å². The SMILES string of the molecule is Cc1ccccc1OCCN1CCN(C(=O)C2CCC2)CC1. The molecule has 4 heteroatoms. The van der Waals surface area contributed by atoms with Crippen LogP contribution in [0.5, 0.6) is 5.75 Å². The van der Waals surface area contributed by atoms with Crippen LogP contribution >= 0.6 is 0 Å². The molecular weight excluding hydrogens is 276 g/mol. The Morgan fingerprint density at radius 2 is 1.91 bits per heavy atom. The molecule has 0 unspecified atom stereocenters. The molecule has 1 aromatic rings. The minimum atomic E-state index is 0.330. The maximum Gasteiger partial charge on any atom is 0.225 e. The highest BCUT2D eigenvalue weighted by Crippen LogP contribution is 2.28. The van der Waals surface area contributed by atoms with Crippen LogP contribution in [0.1, 0.15) is 24.8 Å². The zero-order valence-corrected chi connectivity index (χ0v) is 13.5. The van der Waals surface area contributed by atoms with E-state index in [-0.39, 0.29) is 0 Å². The molecule has 0 radical (unpaired) electrons. The molecule has 0 spiro atoms. The Morgan fingerprint density at radius 1 is 1.18 bits per heavy atom. The fourth-order valence-electron chi connectivity index (χ4n) is 3.11. The summed E-state index contributed by atoms with van der Waals surface area (Å²) >= 11 is 0. The molecule has 120 valence electrons. The summed E-state index contributed by atoms with van der Waals surface area (Å²) in [5.41, 5.74) is 1.18. The number of ether oxygens (including phenoxy) is 1. The van der Waals surface area contributed by atoms with Crippen molar-refractivity contribution < 1.29 is 9.53 Å². The molecule has 0 N–H and O–H groups in total. The number of rotatable bonds is 5. The molecule has 1 aromatic carbocycles. The number of benzene rings is 1. The maximum absolute atomic E-state index is 12.2. The second-order valence-electron chi connectivity index (χ2n) is 6.41. The molecule has 3 rings (SSSR count). The Morgan fingerprint density at radius 3 is 2.55 bits per heavy atom. The second-order valence-corrected chi connectivity index (χ2v) is 6.41. The lowest BCUT2D eigenvalue weighted by atomic mass is 9.84. The smallest absolute Gasteiger partial charge is 0.225 e. The van der Waals surface area contributed by atoms with Crippen LogP contribution in [0, 0.1) is 12.8 Å². The van der Waals surface area contributed by atoms with Crippen LogP contribution in [-0.4, -0.2) is 55.0 Å². The predicted octanol–water partition coefficient (Wildman–Crippen LogP) is 2.32. The van der Waals surface area contributed by atoms with Crippen LogP contribution in [0.2, 0.25) is 0 Å². The van der Waals surface area contributed by atoms with Gasteiger partial charge in [-0.15, -0.1) is 0 Å². The third-order valence-electron chi connectivity index (χ3n) is 4.90. The van der Waals surface area contributed by atoms with Crippen LogP contribution < -0.4 is 4.74 Å². The molecule has 1 saturated carbocycles. The number of amides is 1. The number of aryl methyl sites for hydroxylation is 1. The summed E-state index contributed by atoms with van der Waals surface area (Å²) < 4.78 is 5.86. The predicted molar refractivity (Wildman–Crippen MR) is 87.0 cm³/mol. The fraction of sp³-hybridized carbons (Fsp3) is 0.611. The number of nitrogens with zero attached hydrogens (tertiary/aromatic N) is 2. The lowest BCUT2D eigenvalue weighted by molar-refractivity contribution is -0.140. The summed E-state index contributed by atoms with van der Waals surface area (Å²) in [6, 6.07) is 8.12. The lowest BCUT2D eigenvalue weighted by Crippen LogP contribution is -2.51. The van der Waals surface area contributed by atoms with E-state index in [0.717, 1.165) is 51.3 Å². The Hall–Kier alpha value is -1.55. The van der Waals surface area contributed by atoms with Crippen molar-refractivity contribution in [2.45, 2.75) is 26.2 Å². The molecule has 1 amide bonds. The van der Waals surface area contributed by atoms with E-state index in [2.05, 4.69) is 22.8 Å². The van der Waals surface area contributed by atoms with Gasteiger partial charge in [-0.2, -0.15) is 0 Å². The maximum atomic E-state index is 12.2. The van der Waals surface area contributed by atoms with Gasteiger partial charge in [0.15, 0.2) is 0 Å². The normalized spacial score (nSPS) is 19.8. The average molecular weight is 302 g/mol. The Balaban J connectivity index is 1.37. The molecule has 1 aliphatic heterocycles. The topological polar surface area (TPSA) is 32.8 Å². The standard InChI is InChI=1S/C18H26N2O2/c1-15-5-2-3-8-17(15)22-14-13-19-9-11-20(12-10-19)18(21)16-6-4-7-16/h2-3,5,8,16H,4,6-7,9-14H2,1H3. The monoisotopic (exact) mass is 302 g/mol. The molecule has 2 aliphatic rings. The third-order valence-corrected chi connectivity index (χ3v) is 4.90. The van der Waals surface area contributed by atoms with Gasteiger partial charge >= 0.3 is 0 Å². The van der Waals surface area contributed by atoms with E-state index >= 15 is 0 Å². The van der Waals surface area contributed by atoms with Crippen LogP contribution in [-0.2, 0) is 4.79 Å². The van der Waals surface area contributed by atoms with Crippen molar-refractivity contribution in [3.8, 4) is 5.75 Å². The molecule has 2 fully saturated rings. The van der Waals surface area contributed by atoms with Crippen molar-refractivity contribution >= 4 is 5.91 Å². The molecule has 1 aliphatic carbocycles.